The molecule has 0 bridgehead atoms. The SMILES string of the molecule is CCc1cc(Br)ccc1-n1c(=S)[nH]c2cc(Br)c(F)cc21. The number of nitrogens with zero attached hydrogens (tertiary/aromatic N) is 1. The maximum absolute atomic E-state index is 13.9. The van der Waals surface area contributed by atoms with Crippen molar-refractivity contribution in [3.05, 3.63) is 55.4 Å². The Kier molecular flexibility index (Phi) is 4.03. The first-order valence-corrected chi connectivity index (χ1v) is 8.39. The number of hydrogen-bond acceptors (Lipinski definition) is 1. The predicted molar refractivity (Wildman–Crippen MR) is 93.2 cm³/mol. The number of aryl methyl sites for hydroxylation is 1. The van der Waals surface area contributed by atoms with E-state index < -0.39 is 0 Å². The van der Waals surface area contributed by atoms with Crippen LogP contribution in [0.5, 0.6) is 0 Å². The number of H-pyrrole nitrogens is 1. The summed E-state index contributed by atoms with van der Waals surface area (Å²) in [5, 5.41) is 0. The molecule has 3 rings (SSSR count). The minimum absolute atomic E-state index is 0.305. The molecule has 0 radical (unpaired) electrons. The van der Waals surface area contributed by atoms with Gasteiger partial charge in [0.1, 0.15) is 5.82 Å². The molecular formula is C15H11Br2FN2S. The summed E-state index contributed by atoms with van der Waals surface area (Å²) in [5.41, 5.74) is 3.65. The number of hydrogen-bond donors (Lipinski definition) is 1. The number of imidazole rings is 1. The van der Waals surface area contributed by atoms with Gasteiger partial charge >= 0.3 is 0 Å². The summed E-state index contributed by atoms with van der Waals surface area (Å²) in [7, 11) is 0. The quantitative estimate of drug-likeness (QED) is 0.501. The van der Waals surface area contributed by atoms with Crippen molar-refractivity contribution in [1.29, 1.82) is 0 Å². The standard InChI is InChI=1S/C15H11Br2FN2S/c1-2-8-5-9(16)3-4-13(8)20-14-7-11(18)10(17)6-12(14)19-15(20)21/h3-7H,2H2,1H3,(H,19,21). The molecule has 0 amide bonds. The van der Waals surface area contributed by atoms with Crippen molar-refractivity contribution in [2.24, 2.45) is 0 Å². The van der Waals surface area contributed by atoms with Crippen molar-refractivity contribution in [1.82, 2.24) is 9.55 Å². The Hall–Kier alpha value is -0.980. The van der Waals surface area contributed by atoms with Crippen LogP contribution in [0.2, 0.25) is 0 Å². The van der Waals surface area contributed by atoms with Crippen LogP contribution >= 0.6 is 44.1 Å². The minimum Gasteiger partial charge on any atom is -0.330 e. The second-order valence-electron chi connectivity index (χ2n) is 4.68. The molecule has 6 heteroatoms. The fourth-order valence-corrected chi connectivity index (χ4v) is 3.46. The molecule has 1 N–H and O–H groups in total. The topological polar surface area (TPSA) is 20.7 Å². The van der Waals surface area contributed by atoms with Crippen LogP contribution in [0.25, 0.3) is 16.7 Å². The summed E-state index contributed by atoms with van der Waals surface area (Å²) < 4.78 is 17.8. The van der Waals surface area contributed by atoms with Gasteiger partial charge in [-0.1, -0.05) is 22.9 Å². The maximum Gasteiger partial charge on any atom is 0.182 e. The number of nitrogens with one attached hydrogen (secondary N) is 1. The van der Waals surface area contributed by atoms with Crippen LogP contribution in [-0.4, -0.2) is 9.55 Å². The van der Waals surface area contributed by atoms with Crippen molar-refractivity contribution >= 4 is 55.1 Å². The smallest absolute Gasteiger partial charge is 0.182 e. The number of aromatic amines is 1. The van der Waals surface area contributed by atoms with Gasteiger partial charge in [-0.3, -0.25) is 4.57 Å². The number of aromatic nitrogens is 2. The van der Waals surface area contributed by atoms with Gasteiger partial charge in [-0.15, -0.1) is 0 Å². The fraction of sp³-hybridized carbons (Fsp3) is 0.133. The average Bonchev–Trinajstić information content (AvgIpc) is 2.75. The first-order valence-electron chi connectivity index (χ1n) is 6.40. The fourth-order valence-electron chi connectivity index (χ4n) is 2.40. The van der Waals surface area contributed by atoms with Crippen LogP contribution in [0, 0.1) is 10.6 Å². The van der Waals surface area contributed by atoms with E-state index in [1.54, 1.807) is 6.07 Å². The summed E-state index contributed by atoms with van der Waals surface area (Å²) in [5.74, 6) is -0.305. The molecule has 0 unspecified atom stereocenters. The van der Waals surface area contributed by atoms with E-state index in [0.717, 1.165) is 33.2 Å². The Morgan fingerprint density at radius 2 is 2.00 bits per heavy atom. The molecule has 21 heavy (non-hydrogen) atoms. The van der Waals surface area contributed by atoms with E-state index in [9.17, 15) is 4.39 Å². The highest BCUT2D eigenvalue weighted by Crippen LogP contribution is 2.28. The van der Waals surface area contributed by atoms with E-state index in [-0.39, 0.29) is 5.82 Å². The van der Waals surface area contributed by atoms with E-state index in [2.05, 4.69) is 49.8 Å². The van der Waals surface area contributed by atoms with Gasteiger partial charge < -0.3 is 4.98 Å². The zero-order valence-corrected chi connectivity index (χ0v) is 15.1. The zero-order valence-electron chi connectivity index (χ0n) is 11.1. The summed E-state index contributed by atoms with van der Waals surface area (Å²) in [4.78, 5) is 3.13. The van der Waals surface area contributed by atoms with Gasteiger partial charge in [-0.25, -0.2) is 4.39 Å². The summed E-state index contributed by atoms with van der Waals surface area (Å²) in [6, 6.07) is 9.22. The Balaban J connectivity index is 2.38. The second kappa shape index (κ2) is 5.66. The van der Waals surface area contributed by atoms with E-state index in [1.165, 1.54) is 6.07 Å². The number of rotatable bonds is 2. The third-order valence-electron chi connectivity index (χ3n) is 3.39. The lowest BCUT2D eigenvalue weighted by molar-refractivity contribution is 0.622. The largest absolute Gasteiger partial charge is 0.330 e. The van der Waals surface area contributed by atoms with Crippen molar-refractivity contribution in [2.45, 2.75) is 13.3 Å². The normalized spacial score (nSPS) is 11.2. The molecule has 108 valence electrons. The van der Waals surface area contributed by atoms with E-state index in [0.29, 0.717) is 9.24 Å². The third kappa shape index (κ3) is 2.60. The average molecular weight is 430 g/mol. The van der Waals surface area contributed by atoms with Crippen LogP contribution in [0.3, 0.4) is 0 Å². The highest BCUT2D eigenvalue weighted by molar-refractivity contribution is 9.10. The lowest BCUT2D eigenvalue weighted by Crippen LogP contribution is -1.99. The molecule has 0 fully saturated rings. The lowest BCUT2D eigenvalue weighted by atomic mass is 10.1. The number of fused-ring (bicyclic) bond motifs is 1. The molecular weight excluding hydrogens is 419 g/mol. The van der Waals surface area contributed by atoms with Gasteiger partial charge in [0, 0.05) is 10.5 Å². The van der Waals surface area contributed by atoms with Crippen LogP contribution < -0.4 is 0 Å². The molecule has 0 aliphatic carbocycles. The summed E-state index contributed by atoms with van der Waals surface area (Å²) in [6.07, 6.45) is 0.863. The van der Waals surface area contributed by atoms with Crippen LogP contribution in [0.15, 0.2) is 39.3 Å². The second-order valence-corrected chi connectivity index (χ2v) is 6.83. The molecule has 0 saturated heterocycles. The molecule has 2 aromatic carbocycles. The zero-order chi connectivity index (χ0) is 15.1. The Labute approximate surface area is 143 Å². The van der Waals surface area contributed by atoms with Gasteiger partial charge in [-0.2, -0.15) is 0 Å². The molecule has 1 heterocycles. The molecule has 0 saturated carbocycles. The van der Waals surface area contributed by atoms with Gasteiger partial charge in [0.05, 0.1) is 21.2 Å². The molecule has 1 aromatic heterocycles. The molecule has 0 atom stereocenters. The van der Waals surface area contributed by atoms with E-state index in [4.69, 9.17) is 12.2 Å². The van der Waals surface area contributed by atoms with Gasteiger partial charge in [0.2, 0.25) is 0 Å². The van der Waals surface area contributed by atoms with Crippen molar-refractivity contribution in [3.8, 4) is 5.69 Å². The summed E-state index contributed by atoms with van der Waals surface area (Å²) in [6.45, 7) is 2.08. The Bertz CT molecular complexity index is 899. The maximum atomic E-state index is 13.9. The predicted octanol–water partition coefficient (Wildman–Crippen LogP) is 5.91. The van der Waals surface area contributed by atoms with E-state index in [1.807, 2.05) is 16.7 Å². The van der Waals surface area contributed by atoms with Crippen molar-refractivity contribution < 1.29 is 4.39 Å². The van der Waals surface area contributed by atoms with Gasteiger partial charge in [0.15, 0.2) is 4.77 Å². The lowest BCUT2D eigenvalue weighted by Gasteiger charge is -2.11. The first kappa shape index (κ1) is 14.9. The monoisotopic (exact) mass is 428 g/mol. The van der Waals surface area contributed by atoms with Gasteiger partial charge in [0.25, 0.3) is 0 Å². The van der Waals surface area contributed by atoms with Gasteiger partial charge in [-0.05, 0) is 64.4 Å². The Morgan fingerprint density at radius 3 is 2.71 bits per heavy atom. The molecule has 2 nitrogen and oxygen atoms in total. The third-order valence-corrected chi connectivity index (χ3v) is 4.77. The molecule has 3 aromatic rings. The molecule has 0 aliphatic rings. The highest BCUT2D eigenvalue weighted by atomic mass is 79.9. The van der Waals surface area contributed by atoms with Crippen LogP contribution in [-0.2, 0) is 6.42 Å². The Morgan fingerprint density at radius 1 is 1.24 bits per heavy atom. The van der Waals surface area contributed by atoms with E-state index >= 15 is 0 Å². The molecule has 0 aliphatic heterocycles. The van der Waals surface area contributed by atoms with Crippen LogP contribution in [0.4, 0.5) is 4.39 Å². The van der Waals surface area contributed by atoms with Crippen molar-refractivity contribution in [2.75, 3.05) is 0 Å². The van der Waals surface area contributed by atoms with Crippen molar-refractivity contribution in [3.63, 3.8) is 0 Å². The summed E-state index contributed by atoms with van der Waals surface area (Å²) >= 11 is 12.1. The highest BCUT2D eigenvalue weighted by Gasteiger charge is 2.12. The molecule has 0 spiro atoms. The minimum atomic E-state index is -0.305. The number of benzene rings is 2. The first-order chi connectivity index (χ1) is 10.0. The number of halogens is 3. The van der Waals surface area contributed by atoms with Crippen LogP contribution in [0.1, 0.15) is 12.5 Å².